The minimum absolute atomic E-state index is 0.101. The predicted molar refractivity (Wildman–Crippen MR) is 55.2 cm³/mol. The van der Waals surface area contributed by atoms with Crippen LogP contribution in [0.5, 0.6) is 0 Å². The van der Waals surface area contributed by atoms with Gasteiger partial charge in [0.25, 0.3) is 0 Å². The molecule has 15 heavy (non-hydrogen) atoms. The van der Waals surface area contributed by atoms with Crippen LogP contribution < -0.4 is 0 Å². The van der Waals surface area contributed by atoms with Crippen LogP contribution in [0.25, 0.3) is 5.53 Å². The molecule has 0 aromatic heterocycles. The van der Waals surface area contributed by atoms with Gasteiger partial charge in [-0.15, -0.1) is 0 Å². The Morgan fingerprint density at radius 3 is 2.87 bits per heavy atom. The van der Waals surface area contributed by atoms with E-state index in [0.717, 1.165) is 6.21 Å². The highest BCUT2D eigenvalue weighted by molar-refractivity contribution is 6.24. The van der Waals surface area contributed by atoms with Crippen LogP contribution in [0.1, 0.15) is 20.8 Å². The summed E-state index contributed by atoms with van der Waals surface area (Å²) in [5.74, 6) is -0.358. The van der Waals surface area contributed by atoms with Gasteiger partial charge in [-0.05, 0) is 20.8 Å². The molecule has 1 heterocycles. The number of rotatable bonds is 2. The Bertz CT molecular complexity index is 330. The standard InChI is InChI=1S/C10H15N3O2/c1-4-5-8-7-15-10(2,3)13(8)9(14)6-12-11/h4-6,8H,7H2,1-3H3/b5-4-/t8-/m0/s1. The van der Waals surface area contributed by atoms with E-state index in [1.54, 1.807) is 18.7 Å². The van der Waals surface area contributed by atoms with Gasteiger partial charge in [0.1, 0.15) is 5.72 Å². The highest BCUT2D eigenvalue weighted by atomic mass is 16.5. The zero-order valence-corrected chi connectivity index (χ0v) is 9.17. The maximum Gasteiger partial charge on any atom is 0.344 e. The maximum atomic E-state index is 11.6. The number of hydrogen-bond acceptors (Lipinski definition) is 2. The average Bonchev–Trinajstić information content (AvgIpc) is 2.43. The molecule has 1 atom stereocenters. The normalized spacial score (nSPS) is 24.2. The number of allylic oxidation sites excluding steroid dienone is 1. The lowest BCUT2D eigenvalue weighted by Crippen LogP contribution is -2.47. The van der Waals surface area contributed by atoms with Crippen molar-refractivity contribution in [1.82, 2.24) is 4.90 Å². The number of amides is 1. The Morgan fingerprint density at radius 2 is 2.33 bits per heavy atom. The van der Waals surface area contributed by atoms with Crippen LogP contribution in [0.2, 0.25) is 0 Å². The summed E-state index contributed by atoms with van der Waals surface area (Å²) in [7, 11) is 0. The third-order valence-corrected chi connectivity index (χ3v) is 2.34. The number of ether oxygens (including phenoxy) is 1. The van der Waals surface area contributed by atoms with Gasteiger partial charge in [0.15, 0.2) is 0 Å². The zero-order chi connectivity index (χ0) is 11.5. The third-order valence-electron chi connectivity index (χ3n) is 2.34. The van der Waals surface area contributed by atoms with Gasteiger partial charge in [-0.25, -0.2) is 0 Å². The van der Waals surface area contributed by atoms with Crippen molar-refractivity contribution in [3.8, 4) is 0 Å². The molecule has 0 aliphatic carbocycles. The topological polar surface area (TPSA) is 65.9 Å². The van der Waals surface area contributed by atoms with Crippen LogP contribution in [0.3, 0.4) is 0 Å². The van der Waals surface area contributed by atoms with Crippen molar-refractivity contribution in [3.63, 3.8) is 0 Å². The molecule has 1 aliphatic rings. The van der Waals surface area contributed by atoms with E-state index in [9.17, 15) is 4.79 Å². The number of carbonyl (C=O) groups excluding carboxylic acids is 1. The lowest BCUT2D eigenvalue weighted by Gasteiger charge is -2.30. The molecule has 1 rings (SSSR count). The smallest absolute Gasteiger partial charge is 0.344 e. The number of hydrogen-bond donors (Lipinski definition) is 0. The summed E-state index contributed by atoms with van der Waals surface area (Å²) in [5, 5.41) is 0. The summed E-state index contributed by atoms with van der Waals surface area (Å²) in [6.45, 7) is 5.95. The largest absolute Gasteiger partial charge is 0.361 e. The minimum atomic E-state index is -0.664. The molecule has 0 aromatic carbocycles. The molecule has 5 heteroatoms. The molecule has 1 aliphatic heterocycles. The van der Waals surface area contributed by atoms with E-state index in [4.69, 9.17) is 10.3 Å². The Kier molecular flexibility index (Phi) is 3.39. The molecule has 0 N–H and O–H groups in total. The van der Waals surface area contributed by atoms with Gasteiger partial charge >= 0.3 is 12.1 Å². The second kappa shape index (κ2) is 4.38. The van der Waals surface area contributed by atoms with Gasteiger partial charge in [0.05, 0.1) is 12.6 Å². The van der Waals surface area contributed by atoms with Crippen molar-refractivity contribution in [2.75, 3.05) is 6.61 Å². The molecular formula is C10H15N3O2. The first kappa shape index (κ1) is 11.6. The van der Waals surface area contributed by atoms with Crippen LogP contribution in [-0.4, -0.2) is 40.2 Å². The van der Waals surface area contributed by atoms with Crippen molar-refractivity contribution < 1.29 is 14.3 Å². The SMILES string of the molecule is C/C=C\[C@H]1COC(C)(C)N1C(=O)C=[N+]=[N-]. The highest BCUT2D eigenvalue weighted by Crippen LogP contribution is 2.27. The first-order chi connectivity index (χ1) is 7.03. The molecule has 1 saturated heterocycles. The monoisotopic (exact) mass is 209 g/mol. The van der Waals surface area contributed by atoms with Crippen LogP contribution >= 0.6 is 0 Å². The molecular weight excluding hydrogens is 194 g/mol. The summed E-state index contributed by atoms with van der Waals surface area (Å²) in [6, 6.07) is -0.101. The first-order valence-corrected chi connectivity index (χ1v) is 4.80. The molecule has 1 fully saturated rings. The lowest BCUT2D eigenvalue weighted by molar-refractivity contribution is -0.140. The second-order valence-corrected chi connectivity index (χ2v) is 3.80. The first-order valence-electron chi connectivity index (χ1n) is 4.80. The summed E-state index contributed by atoms with van der Waals surface area (Å²) < 4.78 is 5.50. The van der Waals surface area contributed by atoms with Crippen LogP contribution in [-0.2, 0) is 9.53 Å². The summed E-state index contributed by atoms with van der Waals surface area (Å²) in [4.78, 5) is 15.9. The molecule has 0 aromatic rings. The van der Waals surface area contributed by atoms with Gasteiger partial charge < -0.3 is 10.3 Å². The van der Waals surface area contributed by atoms with Crippen molar-refractivity contribution in [2.24, 2.45) is 0 Å². The van der Waals surface area contributed by atoms with Gasteiger partial charge in [-0.1, -0.05) is 12.2 Å². The summed E-state index contributed by atoms with van der Waals surface area (Å²) in [5.41, 5.74) is 7.68. The fourth-order valence-corrected chi connectivity index (χ4v) is 1.74. The Balaban J connectivity index is 2.96. The van der Waals surface area contributed by atoms with E-state index < -0.39 is 5.72 Å². The van der Waals surface area contributed by atoms with E-state index in [2.05, 4.69) is 4.79 Å². The molecule has 0 unspecified atom stereocenters. The summed E-state index contributed by atoms with van der Waals surface area (Å²) in [6.07, 6.45) is 4.64. The van der Waals surface area contributed by atoms with Crippen LogP contribution in [0, 0.1) is 0 Å². The Hall–Kier alpha value is -1.45. The van der Waals surface area contributed by atoms with E-state index >= 15 is 0 Å². The van der Waals surface area contributed by atoms with E-state index in [-0.39, 0.29) is 11.9 Å². The molecule has 5 nitrogen and oxygen atoms in total. The van der Waals surface area contributed by atoms with Crippen molar-refractivity contribution in [1.29, 1.82) is 0 Å². The molecule has 0 bridgehead atoms. The van der Waals surface area contributed by atoms with Gasteiger partial charge in [0.2, 0.25) is 0 Å². The van der Waals surface area contributed by atoms with Crippen molar-refractivity contribution in [2.45, 2.75) is 32.5 Å². The van der Waals surface area contributed by atoms with Gasteiger partial charge in [0, 0.05) is 0 Å². The molecule has 0 radical (unpaired) electrons. The van der Waals surface area contributed by atoms with E-state index in [1.165, 1.54) is 0 Å². The molecule has 82 valence electrons. The van der Waals surface area contributed by atoms with Gasteiger partial charge in [-0.3, -0.25) is 9.69 Å². The summed E-state index contributed by atoms with van der Waals surface area (Å²) >= 11 is 0. The van der Waals surface area contributed by atoms with E-state index in [1.807, 2.05) is 19.1 Å². The highest BCUT2D eigenvalue weighted by Gasteiger charge is 2.43. The second-order valence-electron chi connectivity index (χ2n) is 3.80. The predicted octanol–water partition coefficient (Wildman–Crippen LogP) is 0.827. The van der Waals surface area contributed by atoms with Gasteiger partial charge in [-0.2, -0.15) is 4.79 Å². The fraction of sp³-hybridized carbons (Fsp3) is 0.600. The quantitative estimate of drug-likeness (QED) is 0.292. The molecule has 0 saturated carbocycles. The minimum Gasteiger partial charge on any atom is -0.361 e. The Morgan fingerprint density at radius 1 is 1.67 bits per heavy atom. The van der Waals surface area contributed by atoms with Crippen LogP contribution in [0.4, 0.5) is 0 Å². The molecule has 0 spiro atoms. The number of carbonyl (C=O) groups is 1. The van der Waals surface area contributed by atoms with E-state index in [0.29, 0.717) is 6.61 Å². The molecule has 1 amide bonds. The average molecular weight is 209 g/mol. The zero-order valence-electron chi connectivity index (χ0n) is 9.17. The fourth-order valence-electron chi connectivity index (χ4n) is 1.74. The Labute approximate surface area is 88.9 Å². The number of nitrogens with zero attached hydrogens (tertiary/aromatic N) is 3. The van der Waals surface area contributed by atoms with Crippen LogP contribution in [0.15, 0.2) is 12.2 Å². The maximum absolute atomic E-state index is 11.6. The lowest BCUT2D eigenvalue weighted by atomic mass is 10.2. The van der Waals surface area contributed by atoms with Crippen molar-refractivity contribution in [3.05, 3.63) is 17.7 Å². The third kappa shape index (κ3) is 2.32. The van der Waals surface area contributed by atoms with Crippen molar-refractivity contribution >= 4 is 12.1 Å².